The van der Waals surface area contributed by atoms with E-state index in [-0.39, 0.29) is 22.3 Å². The third-order valence-electron chi connectivity index (χ3n) is 5.00. The van der Waals surface area contributed by atoms with Crippen molar-refractivity contribution in [3.8, 4) is 0 Å². The van der Waals surface area contributed by atoms with Gasteiger partial charge < -0.3 is 9.88 Å². The summed E-state index contributed by atoms with van der Waals surface area (Å²) < 4.78 is 27.3. The Hall–Kier alpha value is -2.65. The van der Waals surface area contributed by atoms with Crippen molar-refractivity contribution in [3.05, 3.63) is 65.5 Å². The molecule has 0 unspecified atom stereocenters. The van der Waals surface area contributed by atoms with Crippen LogP contribution in [0.1, 0.15) is 43.6 Å². The largest absolute Gasteiger partial charge is 0.325 e. The summed E-state index contributed by atoms with van der Waals surface area (Å²) in [5.41, 5.74) is 2.94. The Morgan fingerprint density at radius 2 is 1.72 bits per heavy atom. The molecule has 0 aliphatic heterocycles. The number of hydrogen-bond donors (Lipinski definition) is 1. The highest BCUT2D eigenvalue weighted by Gasteiger charge is 2.21. The molecule has 0 radical (unpaired) electrons. The van der Waals surface area contributed by atoms with Crippen molar-refractivity contribution in [2.24, 2.45) is 0 Å². The van der Waals surface area contributed by atoms with Gasteiger partial charge in [-0.3, -0.25) is 4.79 Å². The second-order valence-electron chi connectivity index (χ2n) is 7.83. The van der Waals surface area contributed by atoms with Gasteiger partial charge in [0.25, 0.3) is 0 Å². The van der Waals surface area contributed by atoms with E-state index in [0.29, 0.717) is 23.4 Å². The number of anilines is 1. The SMILES string of the molecule is CCn1c(CS(=O)(=O)c2ccc(C)cc2)nnc1SCC(=O)Nc1ccc(C(C)C)cc1. The van der Waals surface area contributed by atoms with E-state index in [1.54, 1.807) is 28.8 Å². The van der Waals surface area contributed by atoms with E-state index in [1.165, 1.54) is 17.3 Å². The molecule has 1 heterocycles. The molecule has 0 fully saturated rings. The Labute approximate surface area is 193 Å². The van der Waals surface area contributed by atoms with Gasteiger partial charge in [-0.2, -0.15) is 0 Å². The van der Waals surface area contributed by atoms with Gasteiger partial charge >= 0.3 is 0 Å². The lowest BCUT2D eigenvalue weighted by Crippen LogP contribution is -2.15. The third-order valence-corrected chi connectivity index (χ3v) is 7.60. The standard InChI is InChI=1S/C23H28N4O3S2/c1-5-27-21(15-32(29,30)20-12-6-17(4)7-13-20)25-26-23(27)31-14-22(28)24-19-10-8-18(9-11-19)16(2)3/h6-13,16H,5,14-15H2,1-4H3,(H,24,28). The number of carbonyl (C=O) groups is 1. The number of thioether (sulfide) groups is 1. The monoisotopic (exact) mass is 472 g/mol. The first-order valence-corrected chi connectivity index (χ1v) is 13.1. The van der Waals surface area contributed by atoms with Gasteiger partial charge in [0.2, 0.25) is 5.91 Å². The lowest BCUT2D eigenvalue weighted by atomic mass is 10.0. The topological polar surface area (TPSA) is 93.9 Å². The number of aryl methyl sites for hydroxylation is 1. The summed E-state index contributed by atoms with van der Waals surface area (Å²) in [5, 5.41) is 11.6. The van der Waals surface area contributed by atoms with Crippen LogP contribution in [0.4, 0.5) is 5.69 Å². The molecule has 2 aromatic carbocycles. The molecular weight excluding hydrogens is 444 g/mol. The lowest BCUT2D eigenvalue weighted by molar-refractivity contribution is -0.113. The molecule has 7 nitrogen and oxygen atoms in total. The van der Waals surface area contributed by atoms with Crippen molar-refractivity contribution in [1.29, 1.82) is 0 Å². The number of carbonyl (C=O) groups excluding carboxylic acids is 1. The predicted molar refractivity (Wildman–Crippen MR) is 128 cm³/mol. The van der Waals surface area contributed by atoms with E-state index in [2.05, 4.69) is 29.4 Å². The molecule has 1 aromatic heterocycles. The average Bonchev–Trinajstić information content (AvgIpc) is 3.13. The van der Waals surface area contributed by atoms with E-state index >= 15 is 0 Å². The molecule has 32 heavy (non-hydrogen) atoms. The maximum absolute atomic E-state index is 12.8. The van der Waals surface area contributed by atoms with Crippen molar-refractivity contribution in [1.82, 2.24) is 14.8 Å². The first-order chi connectivity index (χ1) is 15.2. The minimum atomic E-state index is -3.54. The van der Waals surface area contributed by atoms with Gasteiger partial charge in [-0.25, -0.2) is 8.42 Å². The van der Waals surface area contributed by atoms with Crippen LogP contribution < -0.4 is 5.32 Å². The highest BCUT2D eigenvalue weighted by atomic mass is 32.2. The Bertz CT molecular complexity index is 1170. The van der Waals surface area contributed by atoms with Crippen LogP contribution in [-0.2, 0) is 26.9 Å². The van der Waals surface area contributed by atoms with E-state index < -0.39 is 9.84 Å². The third kappa shape index (κ3) is 5.98. The molecular formula is C23H28N4O3S2. The summed E-state index contributed by atoms with van der Waals surface area (Å²) in [7, 11) is -3.54. The first kappa shape index (κ1) is 24.0. The number of benzene rings is 2. The highest BCUT2D eigenvalue weighted by Crippen LogP contribution is 2.22. The number of hydrogen-bond acceptors (Lipinski definition) is 6. The molecule has 3 aromatic rings. The summed E-state index contributed by atoms with van der Waals surface area (Å²) in [6, 6.07) is 14.5. The number of sulfone groups is 1. The number of rotatable bonds is 9. The Morgan fingerprint density at radius 1 is 1.06 bits per heavy atom. The lowest BCUT2D eigenvalue weighted by Gasteiger charge is -2.09. The summed E-state index contributed by atoms with van der Waals surface area (Å²) in [4.78, 5) is 12.6. The summed E-state index contributed by atoms with van der Waals surface area (Å²) in [5.74, 6) is 0.535. The second-order valence-corrected chi connectivity index (χ2v) is 10.8. The van der Waals surface area contributed by atoms with Gasteiger partial charge in [0, 0.05) is 12.2 Å². The normalized spacial score (nSPS) is 11.7. The molecule has 0 saturated heterocycles. The van der Waals surface area contributed by atoms with E-state index in [4.69, 9.17) is 0 Å². The van der Waals surface area contributed by atoms with Gasteiger partial charge in [-0.05, 0) is 49.6 Å². The Kier molecular flexibility index (Phi) is 7.73. The van der Waals surface area contributed by atoms with Crippen molar-refractivity contribution in [3.63, 3.8) is 0 Å². The average molecular weight is 473 g/mol. The fourth-order valence-corrected chi connectivity index (χ4v) is 5.22. The van der Waals surface area contributed by atoms with Gasteiger partial charge in [0.1, 0.15) is 11.6 Å². The van der Waals surface area contributed by atoms with Crippen molar-refractivity contribution < 1.29 is 13.2 Å². The number of amides is 1. The van der Waals surface area contributed by atoms with Crippen LogP contribution in [0.15, 0.2) is 58.6 Å². The number of aromatic nitrogens is 3. The summed E-state index contributed by atoms with van der Waals surface area (Å²) >= 11 is 1.23. The van der Waals surface area contributed by atoms with Crippen LogP contribution in [0.3, 0.4) is 0 Å². The molecule has 3 rings (SSSR count). The minimum Gasteiger partial charge on any atom is -0.325 e. The molecule has 0 atom stereocenters. The van der Waals surface area contributed by atoms with Crippen molar-refractivity contribution >= 4 is 33.2 Å². The summed E-state index contributed by atoms with van der Waals surface area (Å²) in [6.07, 6.45) is 0. The fourth-order valence-electron chi connectivity index (χ4n) is 3.13. The minimum absolute atomic E-state index is 0.148. The van der Waals surface area contributed by atoms with E-state index in [0.717, 1.165) is 11.3 Å². The number of nitrogens with one attached hydrogen (secondary N) is 1. The first-order valence-electron chi connectivity index (χ1n) is 10.4. The maximum atomic E-state index is 12.8. The van der Waals surface area contributed by atoms with Crippen LogP contribution in [0.25, 0.3) is 0 Å². The van der Waals surface area contributed by atoms with Crippen LogP contribution in [0.2, 0.25) is 0 Å². The van der Waals surface area contributed by atoms with Gasteiger partial charge in [-0.15, -0.1) is 10.2 Å². The van der Waals surface area contributed by atoms with E-state index in [9.17, 15) is 13.2 Å². The van der Waals surface area contributed by atoms with Gasteiger partial charge in [0.05, 0.1) is 10.6 Å². The van der Waals surface area contributed by atoms with Gasteiger partial charge in [0.15, 0.2) is 15.0 Å². The molecule has 170 valence electrons. The molecule has 0 aliphatic carbocycles. The maximum Gasteiger partial charge on any atom is 0.234 e. The highest BCUT2D eigenvalue weighted by molar-refractivity contribution is 7.99. The molecule has 0 spiro atoms. The van der Waals surface area contributed by atoms with Crippen LogP contribution in [0.5, 0.6) is 0 Å². The van der Waals surface area contributed by atoms with Crippen molar-refractivity contribution in [2.75, 3.05) is 11.1 Å². The molecule has 0 saturated carbocycles. The van der Waals surface area contributed by atoms with Crippen LogP contribution >= 0.6 is 11.8 Å². The zero-order valence-electron chi connectivity index (χ0n) is 18.7. The summed E-state index contributed by atoms with van der Waals surface area (Å²) in [6.45, 7) is 8.55. The van der Waals surface area contributed by atoms with E-state index in [1.807, 2.05) is 38.1 Å². The zero-order valence-corrected chi connectivity index (χ0v) is 20.3. The Morgan fingerprint density at radius 3 is 2.31 bits per heavy atom. The molecule has 0 bridgehead atoms. The smallest absolute Gasteiger partial charge is 0.234 e. The fraction of sp³-hybridized carbons (Fsp3) is 0.348. The molecule has 1 amide bonds. The molecule has 9 heteroatoms. The molecule has 1 N–H and O–H groups in total. The van der Waals surface area contributed by atoms with Crippen molar-refractivity contribution in [2.45, 2.75) is 56.0 Å². The predicted octanol–water partition coefficient (Wildman–Crippen LogP) is 4.43. The zero-order chi connectivity index (χ0) is 23.3. The Balaban J connectivity index is 1.64. The van der Waals surface area contributed by atoms with Crippen LogP contribution in [0, 0.1) is 6.92 Å². The quantitative estimate of drug-likeness (QED) is 0.463. The molecule has 0 aliphatic rings. The second kappa shape index (κ2) is 10.3. The number of nitrogens with zero attached hydrogens (tertiary/aromatic N) is 3. The van der Waals surface area contributed by atoms with Gasteiger partial charge in [-0.1, -0.05) is 55.4 Å². The van der Waals surface area contributed by atoms with Crippen LogP contribution in [-0.4, -0.2) is 34.8 Å².